The Morgan fingerprint density at radius 1 is 1.45 bits per heavy atom. The molecule has 20 heavy (non-hydrogen) atoms. The number of hydrogen-bond donors (Lipinski definition) is 2. The second-order valence-electron chi connectivity index (χ2n) is 5.23. The van der Waals surface area contributed by atoms with Crippen LogP contribution in [0, 0.1) is 11.8 Å². The van der Waals surface area contributed by atoms with Crippen molar-refractivity contribution in [2.45, 2.75) is 25.5 Å². The number of carbonyl (C=O) groups is 1. The zero-order chi connectivity index (χ0) is 14.4. The predicted octanol–water partition coefficient (Wildman–Crippen LogP) is 0.763. The number of amides is 1. The highest BCUT2D eigenvalue weighted by Gasteiger charge is 2.36. The van der Waals surface area contributed by atoms with Crippen LogP contribution in [0.2, 0.25) is 0 Å². The average molecular weight is 272 g/mol. The minimum atomic E-state index is -0.847. The van der Waals surface area contributed by atoms with E-state index < -0.39 is 5.60 Å². The minimum Gasteiger partial charge on any atom is -0.387 e. The third-order valence-corrected chi connectivity index (χ3v) is 3.48. The molecule has 1 amide bonds. The fraction of sp³-hybridized carbons (Fsp3) is 0.438. The SMILES string of the molecule is CC#CC(=O)NCC1(O)CCN(Cc2ccccc2)C1. The maximum Gasteiger partial charge on any atom is 0.295 e. The molecule has 0 aromatic heterocycles. The fourth-order valence-electron chi connectivity index (χ4n) is 2.46. The van der Waals surface area contributed by atoms with E-state index in [0.717, 1.165) is 13.1 Å². The number of nitrogens with one attached hydrogen (secondary N) is 1. The molecule has 0 saturated carbocycles. The summed E-state index contributed by atoms with van der Waals surface area (Å²) in [5.74, 6) is 4.62. The van der Waals surface area contributed by atoms with E-state index in [9.17, 15) is 9.90 Å². The van der Waals surface area contributed by atoms with Crippen LogP contribution >= 0.6 is 0 Å². The zero-order valence-electron chi connectivity index (χ0n) is 11.7. The van der Waals surface area contributed by atoms with Crippen molar-refractivity contribution in [3.63, 3.8) is 0 Å². The van der Waals surface area contributed by atoms with Crippen molar-refractivity contribution in [1.82, 2.24) is 10.2 Å². The quantitative estimate of drug-likeness (QED) is 0.796. The number of hydrogen-bond acceptors (Lipinski definition) is 3. The summed E-state index contributed by atoms with van der Waals surface area (Å²) < 4.78 is 0. The number of rotatable bonds is 4. The molecule has 0 spiro atoms. The maximum absolute atomic E-state index is 11.3. The first kappa shape index (κ1) is 14.6. The van der Waals surface area contributed by atoms with E-state index in [-0.39, 0.29) is 12.5 Å². The highest BCUT2D eigenvalue weighted by Crippen LogP contribution is 2.22. The van der Waals surface area contributed by atoms with Crippen molar-refractivity contribution in [3.8, 4) is 11.8 Å². The molecule has 1 aromatic carbocycles. The molecule has 2 rings (SSSR count). The molecule has 1 fully saturated rings. The lowest BCUT2D eigenvalue weighted by Crippen LogP contribution is -2.44. The molecule has 106 valence electrons. The van der Waals surface area contributed by atoms with Crippen LogP contribution < -0.4 is 5.32 Å². The lowest BCUT2D eigenvalue weighted by molar-refractivity contribution is -0.116. The van der Waals surface area contributed by atoms with Crippen LogP contribution in [0.1, 0.15) is 18.9 Å². The van der Waals surface area contributed by atoms with Crippen LogP contribution in [-0.4, -0.2) is 41.1 Å². The van der Waals surface area contributed by atoms with Crippen LogP contribution in [0.15, 0.2) is 30.3 Å². The van der Waals surface area contributed by atoms with Crippen LogP contribution in [0.3, 0.4) is 0 Å². The first-order chi connectivity index (χ1) is 9.61. The van der Waals surface area contributed by atoms with Crippen LogP contribution in [0.25, 0.3) is 0 Å². The van der Waals surface area contributed by atoms with Crippen molar-refractivity contribution in [2.75, 3.05) is 19.6 Å². The van der Waals surface area contributed by atoms with Gasteiger partial charge in [-0.25, -0.2) is 0 Å². The van der Waals surface area contributed by atoms with Gasteiger partial charge in [-0.05, 0) is 24.8 Å². The van der Waals surface area contributed by atoms with Crippen LogP contribution in [0.4, 0.5) is 0 Å². The van der Waals surface area contributed by atoms with E-state index in [1.54, 1.807) is 6.92 Å². The third kappa shape index (κ3) is 4.09. The lowest BCUT2D eigenvalue weighted by atomic mass is 10.0. The van der Waals surface area contributed by atoms with Gasteiger partial charge in [0, 0.05) is 26.2 Å². The van der Waals surface area contributed by atoms with Gasteiger partial charge < -0.3 is 10.4 Å². The Hall–Kier alpha value is -1.83. The highest BCUT2D eigenvalue weighted by atomic mass is 16.3. The second-order valence-corrected chi connectivity index (χ2v) is 5.23. The first-order valence-corrected chi connectivity index (χ1v) is 6.80. The Labute approximate surface area is 119 Å². The van der Waals surface area contributed by atoms with Crippen molar-refractivity contribution in [2.24, 2.45) is 0 Å². The van der Waals surface area contributed by atoms with Gasteiger partial charge in [0.15, 0.2) is 0 Å². The van der Waals surface area contributed by atoms with E-state index in [0.29, 0.717) is 13.0 Å². The molecule has 4 nitrogen and oxygen atoms in total. The lowest BCUT2D eigenvalue weighted by Gasteiger charge is -2.23. The summed E-state index contributed by atoms with van der Waals surface area (Å²) in [6.07, 6.45) is 0.666. The standard InChI is InChI=1S/C16H20N2O2/c1-2-6-15(19)17-12-16(20)9-10-18(13-16)11-14-7-4-3-5-8-14/h3-5,7-8,20H,9-13H2,1H3,(H,17,19). The van der Waals surface area contributed by atoms with E-state index >= 15 is 0 Å². The number of benzene rings is 1. The number of carbonyl (C=O) groups excluding carboxylic acids is 1. The van der Waals surface area contributed by atoms with Gasteiger partial charge in [0.05, 0.1) is 5.60 Å². The molecule has 1 aliphatic heterocycles. The molecular formula is C16H20N2O2. The van der Waals surface area contributed by atoms with Crippen LogP contribution in [0.5, 0.6) is 0 Å². The summed E-state index contributed by atoms with van der Waals surface area (Å²) >= 11 is 0. The summed E-state index contributed by atoms with van der Waals surface area (Å²) in [5.41, 5.74) is 0.387. The number of aliphatic hydroxyl groups is 1. The normalized spacial score (nSPS) is 22.1. The largest absolute Gasteiger partial charge is 0.387 e. The van der Waals surface area contributed by atoms with Gasteiger partial charge in [0.1, 0.15) is 0 Å². The Balaban J connectivity index is 1.84. The fourth-order valence-corrected chi connectivity index (χ4v) is 2.46. The topological polar surface area (TPSA) is 52.6 Å². The van der Waals surface area contributed by atoms with Gasteiger partial charge in [0.25, 0.3) is 5.91 Å². The van der Waals surface area contributed by atoms with E-state index in [2.05, 4.69) is 34.2 Å². The molecule has 1 saturated heterocycles. The van der Waals surface area contributed by atoms with Crippen molar-refractivity contribution < 1.29 is 9.90 Å². The average Bonchev–Trinajstić information content (AvgIpc) is 2.80. The van der Waals surface area contributed by atoms with E-state index in [1.165, 1.54) is 5.56 Å². The van der Waals surface area contributed by atoms with Crippen molar-refractivity contribution >= 4 is 5.91 Å². The van der Waals surface area contributed by atoms with E-state index in [1.807, 2.05) is 18.2 Å². The summed E-state index contributed by atoms with van der Waals surface area (Å²) in [6.45, 7) is 4.10. The molecule has 1 aromatic rings. The highest BCUT2D eigenvalue weighted by molar-refractivity contribution is 5.93. The first-order valence-electron chi connectivity index (χ1n) is 6.80. The van der Waals surface area contributed by atoms with Gasteiger partial charge >= 0.3 is 0 Å². The Bertz CT molecular complexity index is 518. The van der Waals surface area contributed by atoms with Crippen molar-refractivity contribution in [3.05, 3.63) is 35.9 Å². The molecule has 2 N–H and O–H groups in total. The maximum atomic E-state index is 11.3. The van der Waals surface area contributed by atoms with Gasteiger partial charge in [-0.1, -0.05) is 36.3 Å². The number of likely N-dealkylation sites (tertiary alicyclic amines) is 1. The summed E-state index contributed by atoms with van der Waals surface area (Å²) in [5, 5.41) is 13.1. The molecule has 0 aliphatic carbocycles. The second kappa shape index (κ2) is 6.56. The Morgan fingerprint density at radius 2 is 2.20 bits per heavy atom. The van der Waals surface area contributed by atoms with Crippen LogP contribution in [-0.2, 0) is 11.3 Å². The number of nitrogens with zero attached hydrogens (tertiary/aromatic N) is 1. The molecule has 1 atom stereocenters. The minimum absolute atomic E-state index is 0.256. The number of β-amino-alcohol motifs (C(OH)–C–C–N with tert-alkyl or cyclic N) is 1. The summed E-state index contributed by atoms with van der Waals surface area (Å²) in [7, 11) is 0. The zero-order valence-corrected chi connectivity index (χ0v) is 11.7. The summed E-state index contributed by atoms with van der Waals surface area (Å²) in [6, 6.07) is 10.2. The molecule has 1 unspecified atom stereocenters. The molecular weight excluding hydrogens is 252 g/mol. The van der Waals surface area contributed by atoms with Gasteiger partial charge in [-0.15, -0.1) is 0 Å². The Kier molecular flexibility index (Phi) is 4.78. The molecule has 1 heterocycles. The smallest absolute Gasteiger partial charge is 0.295 e. The Morgan fingerprint density at radius 3 is 2.90 bits per heavy atom. The predicted molar refractivity (Wildman–Crippen MR) is 77.7 cm³/mol. The van der Waals surface area contributed by atoms with Gasteiger partial charge in [-0.3, -0.25) is 9.69 Å². The molecule has 0 bridgehead atoms. The monoisotopic (exact) mass is 272 g/mol. The summed E-state index contributed by atoms with van der Waals surface area (Å²) in [4.78, 5) is 13.5. The molecule has 0 radical (unpaired) electrons. The third-order valence-electron chi connectivity index (χ3n) is 3.48. The van der Waals surface area contributed by atoms with E-state index in [4.69, 9.17) is 0 Å². The molecule has 4 heteroatoms. The van der Waals surface area contributed by atoms with Gasteiger partial charge in [0.2, 0.25) is 0 Å². The molecule has 1 aliphatic rings. The van der Waals surface area contributed by atoms with Gasteiger partial charge in [-0.2, -0.15) is 0 Å². The van der Waals surface area contributed by atoms with Crippen molar-refractivity contribution in [1.29, 1.82) is 0 Å².